The number of nitro groups is 1. The SMILES string of the molecule is CC1(CO/C(C(=O)Nc2cccc(Cl)c2)=C(/C=[N-])N2CCN(S(=O)(=O)Cc3ccc(Br)c([N+](=O)[O-])c3)CC2)CC1. The zero-order valence-electron chi connectivity index (χ0n) is 21.7. The highest BCUT2D eigenvalue weighted by molar-refractivity contribution is 9.10. The van der Waals surface area contributed by atoms with Crippen LogP contribution in [-0.2, 0) is 25.3 Å². The predicted molar refractivity (Wildman–Crippen MR) is 156 cm³/mol. The molecule has 2 fully saturated rings. The molecular weight excluding hydrogens is 626 g/mol. The van der Waals surface area contributed by atoms with Crippen LogP contribution in [0, 0.1) is 15.5 Å². The number of nitro benzene ring substituents is 1. The molecule has 14 heteroatoms. The van der Waals surface area contributed by atoms with Crippen LogP contribution in [0.2, 0.25) is 5.02 Å². The molecule has 2 aromatic rings. The molecule has 0 radical (unpaired) electrons. The lowest BCUT2D eigenvalue weighted by Gasteiger charge is -2.37. The van der Waals surface area contributed by atoms with Crippen molar-refractivity contribution in [2.75, 3.05) is 38.1 Å². The minimum Gasteiger partial charge on any atom is -0.809 e. The Balaban J connectivity index is 1.50. The van der Waals surface area contributed by atoms with Gasteiger partial charge >= 0.3 is 0 Å². The predicted octanol–water partition coefficient (Wildman–Crippen LogP) is 4.77. The second-order valence-corrected chi connectivity index (χ2v) is 13.4. The number of nitrogens with one attached hydrogen (secondary N) is 1. The van der Waals surface area contributed by atoms with E-state index in [0.717, 1.165) is 19.1 Å². The molecule has 4 rings (SSSR count). The zero-order chi connectivity index (χ0) is 29.1. The van der Waals surface area contributed by atoms with Crippen molar-refractivity contribution >= 4 is 61.1 Å². The van der Waals surface area contributed by atoms with Gasteiger partial charge in [0.15, 0.2) is 0 Å². The van der Waals surface area contributed by atoms with Crippen molar-refractivity contribution in [3.05, 3.63) is 84.5 Å². The first-order valence-corrected chi connectivity index (χ1v) is 15.3. The van der Waals surface area contributed by atoms with Crippen molar-refractivity contribution in [3.8, 4) is 0 Å². The number of anilines is 1. The van der Waals surface area contributed by atoms with Gasteiger partial charge in [0.2, 0.25) is 15.8 Å². The smallest absolute Gasteiger partial charge is 0.292 e. The van der Waals surface area contributed by atoms with Crippen molar-refractivity contribution in [1.82, 2.24) is 9.21 Å². The molecule has 214 valence electrons. The van der Waals surface area contributed by atoms with Crippen LogP contribution >= 0.6 is 27.5 Å². The van der Waals surface area contributed by atoms with Gasteiger partial charge in [-0.15, -0.1) is 0 Å². The summed E-state index contributed by atoms with van der Waals surface area (Å²) >= 11 is 9.15. The van der Waals surface area contributed by atoms with Crippen LogP contribution in [0.4, 0.5) is 11.4 Å². The molecule has 0 bridgehead atoms. The first-order chi connectivity index (χ1) is 18.9. The summed E-state index contributed by atoms with van der Waals surface area (Å²) in [6, 6.07) is 10.8. The third-order valence-corrected chi connectivity index (χ3v) is 9.60. The molecule has 40 heavy (non-hydrogen) atoms. The number of allylic oxidation sites excluding steroid dienone is 1. The van der Waals surface area contributed by atoms with E-state index in [4.69, 9.17) is 16.3 Å². The number of carbonyl (C=O) groups excluding carboxylic acids is 1. The molecule has 11 nitrogen and oxygen atoms in total. The average Bonchev–Trinajstić information content (AvgIpc) is 3.64. The topological polar surface area (TPSA) is 144 Å². The molecule has 0 aromatic heterocycles. The molecular formula is C26H28BrClN5O6S-. The monoisotopic (exact) mass is 652 g/mol. The Labute approximate surface area is 246 Å². The van der Waals surface area contributed by atoms with Gasteiger partial charge in [0.1, 0.15) is 0 Å². The van der Waals surface area contributed by atoms with E-state index in [0.29, 0.717) is 16.3 Å². The van der Waals surface area contributed by atoms with Crippen LogP contribution in [0.3, 0.4) is 0 Å². The lowest BCUT2D eigenvalue weighted by molar-refractivity contribution is -0.385. The first kappa shape index (κ1) is 30.0. The molecule has 0 spiro atoms. The number of hydrogen-bond acceptors (Lipinski definition) is 7. The molecule has 1 amide bonds. The zero-order valence-corrected chi connectivity index (χ0v) is 24.8. The van der Waals surface area contributed by atoms with E-state index in [1.54, 1.807) is 29.2 Å². The van der Waals surface area contributed by atoms with Crippen molar-refractivity contribution in [1.29, 1.82) is 0 Å². The Hall–Kier alpha value is -3.00. The molecule has 2 aliphatic rings. The molecule has 2 aromatic carbocycles. The van der Waals surface area contributed by atoms with Gasteiger partial charge in [0.05, 0.1) is 27.5 Å². The summed E-state index contributed by atoms with van der Waals surface area (Å²) in [6.45, 7) is 2.86. The highest BCUT2D eigenvalue weighted by Gasteiger charge is 2.39. The third-order valence-electron chi connectivity index (χ3n) is 6.84. The van der Waals surface area contributed by atoms with E-state index in [1.165, 1.54) is 22.5 Å². The highest BCUT2D eigenvalue weighted by Crippen LogP contribution is 2.45. The summed E-state index contributed by atoms with van der Waals surface area (Å²) in [5.41, 5.74) is 0.636. The molecule has 1 saturated heterocycles. The molecule has 1 aliphatic heterocycles. The standard InChI is InChI=1S/C26H28BrClN5O6S/c1-26(7-8-26)17-39-24(25(34)30-20-4-2-3-19(28)14-20)23(15-29)31-9-11-32(12-10-31)40(37,38)16-18-5-6-21(27)22(13-18)33(35)36/h2-6,13-15H,7-12,16-17H2,1H3,(H,30,34)/q-1/b24-23-. The molecule has 1 aliphatic carbocycles. The van der Waals surface area contributed by atoms with E-state index in [9.17, 15) is 28.7 Å². The number of nitrogens with zero attached hydrogens (tertiary/aromatic N) is 4. The quantitative estimate of drug-likeness (QED) is 0.121. The number of benzene rings is 2. The summed E-state index contributed by atoms with van der Waals surface area (Å²) in [5, 5.41) is 24.6. The summed E-state index contributed by atoms with van der Waals surface area (Å²) in [5.74, 6) is -1.04. The number of hydrogen-bond donors (Lipinski definition) is 1. The van der Waals surface area contributed by atoms with Crippen LogP contribution in [0.15, 0.2) is 58.4 Å². The van der Waals surface area contributed by atoms with Crippen molar-refractivity contribution < 1.29 is 22.9 Å². The number of carbonyl (C=O) groups is 1. The fourth-order valence-corrected chi connectivity index (χ4v) is 6.28. The fraction of sp³-hybridized carbons (Fsp3) is 0.385. The van der Waals surface area contributed by atoms with Gasteiger partial charge in [-0.2, -0.15) is 10.5 Å². The lowest BCUT2D eigenvalue weighted by atomic mass is 10.2. The van der Waals surface area contributed by atoms with Gasteiger partial charge in [-0.05, 0) is 58.6 Å². The number of rotatable bonds is 11. The van der Waals surface area contributed by atoms with Gasteiger partial charge in [0.25, 0.3) is 11.6 Å². The second-order valence-electron chi connectivity index (χ2n) is 10.1. The number of piperazine rings is 1. The van der Waals surface area contributed by atoms with E-state index >= 15 is 0 Å². The van der Waals surface area contributed by atoms with Crippen LogP contribution < -0.4 is 5.32 Å². The number of ether oxygens (including phenoxy) is 1. The van der Waals surface area contributed by atoms with Crippen molar-refractivity contribution in [2.45, 2.75) is 25.5 Å². The van der Waals surface area contributed by atoms with E-state index in [2.05, 4.69) is 21.2 Å². The van der Waals surface area contributed by atoms with Crippen LogP contribution in [0.5, 0.6) is 0 Å². The number of halogens is 2. The third kappa shape index (κ3) is 7.39. The first-order valence-electron chi connectivity index (χ1n) is 12.5. The molecule has 1 heterocycles. The summed E-state index contributed by atoms with van der Waals surface area (Å²) < 4.78 is 33.8. The van der Waals surface area contributed by atoms with Crippen molar-refractivity contribution in [2.24, 2.45) is 5.41 Å². The highest BCUT2D eigenvalue weighted by atomic mass is 79.9. The molecule has 1 N–H and O–H groups in total. The second kappa shape index (κ2) is 12.2. The lowest BCUT2D eigenvalue weighted by Crippen LogP contribution is -2.49. The van der Waals surface area contributed by atoms with E-state index < -0.39 is 26.6 Å². The minimum absolute atomic E-state index is 0.0446. The summed E-state index contributed by atoms with van der Waals surface area (Å²) in [7, 11) is -3.79. The number of amides is 1. The maximum atomic E-state index is 13.3. The summed E-state index contributed by atoms with van der Waals surface area (Å²) in [6.07, 6.45) is 2.73. The van der Waals surface area contributed by atoms with E-state index in [-0.39, 0.29) is 59.8 Å². The van der Waals surface area contributed by atoms with Crippen LogP contribution in [-0.4, -0.2) is 67.5 Å². The Morgan fingerprint density at radius 2 is 1.93 bits per heavy atom. The Bertz CT molecular complexity index is 1460. The Morgan fingerprint density at radius 3 is 2.52 bits per heavy atom. The van der Waals surface area contributed by atoms with Crippen molar-refractivity contribution in [3.63, 3.8) is 0 Å². The summed E-state index contributed by atoms with van der Waals surface area (Å²) in [4.78, 5) is 25.6. The minimum atomic E-state index is -3.79. The van der Waals surface area contributed by atoms with Gasteiger partial charge in [-0.3, -0.25) is 14.9 Å². The molecule has 1 saturated carbocycles. The maximum absolute atomic E-state index is 13.3. The Kier molecular flexibility index (Phi) is 9.18. The normalized spacial score (nSPS) is 17.5. The van der Waals surface area contributed by atoms with Crippen LogP contribution in [0.25, 0.3) is 5.41 Å². The van der Waals surface area contributed by atoms with Gasteiger partial charge in [-0.25, -0.2) is 8.42 Å². The van der Waals surface area contributed by atoms with Gasteiger partial charge < -0.3 is 20.4 Å². The van der Waals surface area contributed by atoms with Gasteiger partial charge in [0, 0.05) is 48.4 Å². The van der Waals surface area contributed by atoms with Gasteiger partial charge in [-0.1, -0.05) is 30.7 Å². The van der Waals surface area contributed by atoms with E-state index in [1.807, 2.05) is 6.92 Å². The molecule has 0 unspecified atom stereocenters. The Morgan fingerprint density at radius 1 is 1.23 bits per heavy atom. The average molecular weight is 654 g/mol. The largest absolute Gasteiger partial charge is 0.809 e. The number of sulfonamides is 1. The molecule has 0 atom stereocenters. The maximum Gasteiger partial charge on any atom is 0.292 e. The van der Waals surface area contributed by atoms with Crippen LogP contribution in [0.1, 0.15) is 25.3 Å². The fourth-order valence-electron chi connectivity index (χ4n) is 4.19.